The fourth-order valence-electron chi connectivity index (χ4n) is 2.12. The third-order valence-electron chi connectivity index (χ3n) is 3.21. The Morgan fingerprint density at radius 3 is 2.76 bits per heavy atom. The summed E-state index contributed by atoms with van der Waals surface area (Å²) in [7, 11) is 0. The average molecular weight is 277 g/mol. The predicted molar refractivity (Wildman–Crippen MR) is 80.2 cm³/mol. The number of hydrogen-bond donors (Lipinski definition) is 1. The summed E-state index contributed by atoms with van der Waals surface area (Å²) in [4.78, 5) is 4.52. The van der Waals surface area contributed by atoms with E-state index in [2.05, 4.69) is 10.3 Å². The number of fused-ring (bicyclic) bond motifs is 1. The van der Waals surface area contributed by atoms with Gasteiger partial charge >= 0.3 is 0 Å². The highest BCUT2D eigenvalue weighted by atomic mass is 19.1. The zero-order valence-corrected chi connectivity index (χ0v) is 11.2. The van der Waals surface area contributed by atoms with Gasteiger partial charge in [0.25, 0.3) is 0 Å². The van der Waals surface area contributed by atoms with Gasteiger partial charge in [-0.15, -0.1) is 0 Å². The standard InChI is InChI=1S/C17H12FN3/c18-15-9-12(10-19)5-8-17(15)20-11-14-7-6-13-3-1-2-4-16(13)21-14/h1-9,20H,11H2. The number of rotatable bonds is 3. The highest BCUT2D eigenvalue weighted by molar-refractivity contribution is 5.78. The van der Waals surface area contributed by atoms with Crippen LogP contribution in [0.4, 0.5) is 10.1 Å². The van der Waals surface area contributed by atoms with Crippen LogP contribution in [-0.2, 0) is 6.54 Å². The van der Waals surface area contributed by atoms with Gasteiger partial charge in [0, 0.05) is 5.39 Å². The summed E-state index contributed by atoms with van der Waals surface area (Å²) in [5.41, 5.74) is 2.42. The molecule has 3 aromatic rings. The number of benzene rings is 2. The van der Waals surface area contributed by atoms with Crippen LogP contribution >= 0.6 is 0 Å². The lowest BCUT2D eigenvalue weighted by Gasteiger charge is -2.08. The summed E-state index contributed by atoms with van der Waals surface area (Å²) in [6, 6.07) is 18.0. The lowest BCUT2D eigenvalue weighted by atomic mass is 10.2. The van der Waals surface area contributed by atoms with Crippen LogP contribution in [0.3, 0.4) is 0 Å². The van der Waals surface area contributed by atoms with Gasteiger partial charge in [-0.2, -0.15) is 5.26 Å². The third kappa shape index (κ3) is 2.82. The molecule has 0 atom stereocenters. The first-order valence-corrected chi connectivity index (χ1v) is 6.54. The summed E-state index contributed by atoms with van der Waals surface area (Å²) in [5.74, 6) is -0.435. The molecule has 1 heterocycles. The van der Waals surface area contributed by atoms with E-state index in [0.717, 1.165) is 16.6 Å². The minimum absolute atomic E-state index is 0.307. The van der Waals surface area contributed by atoms with Gasteiger partial charge in [0.1, 0.15) is 5.82 Å². The number of nitriles is 1. The lowest BCUT2D eigenvalue weighted by Crippen LogP contribution is -2.03. The van der Waals surface area contributed by atoms with E-state index in [9.17, 15) is 4.39 Å². The van der Waals surface area contributed by atoms with E-state index in [1.807, 2.05) is 42.5 Å². The number of aromatic nitrogens is 1. The Kier molecular flexibility index (Phi) is 3.48. The molecular weight excluding hydrogens is 265 g/mol. The molecule has 0 saturated carbocycles. The Morgan fingerprint density at radius 2 is 1.95 bits per heavy atom. The summed E-state index contributed by atoms with van der Waals surface area (Å²) < 4.78 is 13.8. The highest BCUT2D eigenvalue weighted by Crippen LogP contribution is 2.17. The summed E-state index contributed by atoms with van der Waals surface area (Å²) in [6.45, 7) is 0.424. The number of anilines is 1. The largest absolute Gasteiger partial charge is 0.377 e. The predicted octanol–water partition coefficient (Wildman–Crippen LogP) is 3.86. The number of hydrogen-bond acceptors (Lipinski definition) is 3. The van der Waals surface area contributed by atoms with Crippen molar-refractivity contribution < 1.29 is 4.39 Å². The molecule has 3 rings (SSSR count). The fraction of sp³-hybridized carbons (Fsp3) is 0.0588. The van der Waals surface area contributed by atoms with Crippen molar-refractivity contribution in [3.8, 4) is 6.07 Å². The summed E-state index contributed by atoms with van der Waals surface area (Å²) >= 11 is 0. The van der Waals surface area contributed by atoms with Gasteiger partial charge in [-0.25, -0.2) is 4.39 Å². The second-order valence-corrected chi connectivity index (χ2v) is 4.66. The molecule has 3 nitrogen and oxygen atoms in total. The van der Waals surface area contributed by atoms with E-state index in [0.29, 0.717) is 17.8 Å². The SMILES string of the molecule is N#Cc1ccc(NCc2ccc3ccccc3n2)c(F)c1. The first kappa shape index (κ1) is 13.1. The zero-order valence-electron chi connectivity index (χ0n) is 11.2. The molecule has 0 saturated heterocycles. The first-order valence-electron chi connectivity index (χ1n) is 6.54. The molecule has 1 N–H and O–H groups in total. The molecule has 0 bridgehead atoms. The highest BCUT2D eigenvalue weighted by Gasteiger charge is 2.04. The average Bonchev–Trinajstić information content (AvgIpc) is 2.53. The molecule has 0 radical (unpaired) electrons. The molecule has 0 aliphatic heterocycles. The lowest BCUT2D eigenvalue weighted by molar-refractivity contribution is 0.629. The molecule has 0 unspecified atom stereocenters. The van der Waals surface area contributed by atoms with Gasteiger partial charge in [-0.3, -0.25) is 4.98 Å². The third-order valence-corrected chi connectivity index (χ3v) is 3.21. The van der Waals surface area contributed by atoms with Crippen LogP contribution in [0, 0.1) is 17.1 Å². The Labute approximate surface area is 121 Å². The van der Waals surface area contributed by atoms with Crippen LogP contribution in [0.1, 0.15) is 11.3 Å². The number of nitrogens with zero attached hydrogens (tertiary/aromatic N) is 2. The smallest absolute Gasteiger partial charge is 0.147 e. The summed E-state index contributed by atoms with van der Waals surface area (Å²) in [6.07, 6.45) is 0. The van der Waals surface area contributed by atoms with E-state index >= 15 is 0 Å². The van der Waals surface area contributed by atoms with Crippen molar-refractivity contribution in [1.29, 1.82) is 5.26 Å². The van der Waals surface area contributed by atoms with Crippen molar-refractivity contribution in [2.24, 2.45) is 0 Å². The van der Waals surface area contributed by atoms with Gasteiger partial charge in [-0.05, 0) is 30.3 Å². The molecule has 0 spiro atoms. The van der Waals surface area contributed by atoms with Gasteiger partial charge in [-0.1, -0.05) is 24.3 Å². The second-order valence-electron chi connectivity index (χ2n) is 4.66. The Bertz CT molecular complexity index is 837. The fourth-order valence-corrected chi connectivity index (χ4v) is 2.12. The van der Waals surface area contributed by atoms with Crippen molar-refractivity contribution >= 4 is 16.6 Å². The van der Waals surface area contributed by atoms with Crippen molar-refractivity contribution in [2.45, 2.75) is 6.54 Å². The molecule has 0 aliphatic carbocycles. The normalized spacial score (nSPS) is 10.3. The Hall–Kier alpha value is -2.93. The van der Waals surface area contributed by atoms with Crippen LogP contribution in [0.2, 0.25) is 0 Å². The van der Waals surface area contributed by atoms with Crippen molar-refractivity contribution in [2.75, 3.05) is 5.32 Å². The zero-order chi connectivity index (χ0) is 14.7. The molecule has 0 aliphatic rings. The van der Waals surface area contributed by atoms with Crippen molar-refractivity contribution in [3.05, 3.63) is 71.7 Å². The van der Waals surface area contributed by atoms with Crippen LogP contribution in [0.5, 0.6) is 0 Å². The van der Waals surface area contributed by atoms with Crippen molar-refractivity contribution in [3.63, 3.8) is 0 Å². The van der Waals surface area contributed by atoms with E-state index < -0.39 is 5.82 Å². The quantitative estimate of drug-likeness (QED) is 0.791. The Morgan fingerprint density at radius 1 is 1.10 bits per heavy atom. The molecule has 1 aromatic heterocycles. The minimum Gasteiger partial charge on any atom is -0.377 e. The minimum atomic E-state index is -0.435. The topological polar surface area (TPSA) is 48.7 Å². The summed E-state index contributed by atoms with van der Waals surface area (Å²) in [5, 5.41) is 12.8. The molecule has 0 fully saturated rings. The maximum Gasteiger partial charge on any atom is 0.147 e. The van der Waals surface area contributed by atoms with Crippen LogP contribution in [0.15, 0.2) is 54.6 Å². The van der Waals surface area contributed by atoms with E-state index in [1.54, 1.807) is 12.1 Å². The van der Waals surface area contributed by atoms with Crippen LogP contribution < -0.4 is 5.32 Å². The number of para-hydroxylation sites is 1. The monoisotopic (exact) mass is 277 g/mol. The van der Waals surface area contributed by atoms with Crippen LogP contribution in [0.25, 0.3) is 10.9 Å². The van der Waals surface area contributed by atoms with E-state index in [4.69, 9.17) is 5.26 Å². The maximum absolute atomic E-state index is 13.8. The number of pyridine rings is 1. The van der Waals surface area contributed by atoms with Gasteiger partial charge in [0.05, 0.1) is 35.1 Å². The molecule has 102 valence electrons. The number of halogens is 1. The maximum atomic E-state index is 13.8. The van der Waals surface area contributed by atoms with Crippen LogP contribution in [-0.4, -0.2) is 4.98 Å². The first-order chi connectivity index (χ1) is 10.3. The second kappa shape index (κ2) is 5.59. The molecule has 2 aromatic carbocycles. The van der Waals surface area contributed by atoms with E-state index in [-0.39, 0.29) is 0 Å². The molecular formula is C17H12FN3. The van der Waals surface area contributed by atoms with Crippen molar-refractivity contribution in [1.82, 2.24) is 4.98 Å². The molecule has 4 heteroatoms. The Balaban J connectivity index is 1.78. The van der Waals surface area contributed by atoms with Gasteiger partial charge < -0.3 is 5.32 Å². The van der Waals surface area contributed by atoms with Gasteiger partial charge in [0.15, 0.2) is 0 Å². The van der Waals surface area contributed by atoms with Gasteiger partial charge in [0.2, 0.25) is 0 Å². The molecule has 21 heavy (non-hydrogen) atoms. The van der Waals surface area contributed by atoms with E-state index in [1.165, 1.54) is 6.07 Å². The number of nitrogens with one attached hydrogen (secondary N) is 1. The molecule has 0 amide bonds.